The number of hydrogen-bond acceptors (Lipinski definition) is 4. The van der Waals surface area contributed by atoms with Gasteiger partial charge >= 0.3 is 0 Å². The Morgan fingerprint density at radius 3 is 2.67 bits per heavy atom. The molecule has 2 atom stereocenters. The molecule has 0 aliphatic heterocycles. The van der Waals surface area contributed by atoms with Gasteiger partial charge in [0.2, 0.25) is 0 Å². The Balaban J connectivity index is 2.91. The molecule has 15 heavy (non-hydrogen) atoms. The van der Waals surface area contributed by atoms with Crippen LogP contribution in [0.25, 0.3) is 0 Å². The molecule has 0 aliphatic rings. The van der Waals surface area contributed by atoms with E-state index in [1.54, 1.807) is 6.07 Å². The van der Waals surface area contributed by atoms with E-state index in [0.717, 1.165) is 6.07 Å². The number of hydrogen-bond donors (Lipinski definition) is 3. The van der Waals surface area contributed by atoms with Crippen LogP contribution in [0.4, 0.5) is 10.1 Å². The summed E-state index contributed by atoms with van der Waals surface area (Å²) < 4.78 is 13.3. The molecular weight excluding hydrogens is 199 g/mol. The molecule has 0 bridgehead atoms. The van der Waals surface area contributed by atoms with Crippen LogP contribution >= 0.6 is 0 Å². The van der Waals surface area contributed by atoms with Crippen molar-refractivity contribution in [1.29, 1.82) is 5.26 Å². The van der Waals surface area contributed by atoms with Crippen LogP contribution < -0.4 is 5.73 Å². The summed E-state index contributed by atoms with van der Waals surface area (Å²) in [5.74, 6) is -0.695. The molecule has 0 saturated carbocycles. The van der Waals surface area contributed by atoms with Crippen molar-refractivity contribution in [2.45, 2.75) is 18.6 Å². The van der Waals surface area contributed by atoms with Gasteiger partial charge in [-0.2, -0.15) is 5.26 Å². The van der Waals surface area contributed by atoms with Crippen molar-refractivity contribution in [3.8, 4) is 6.07 Å². The number of aliphatic hydroxyl groups excluding tert-OH is 2. The van der Waals surface area contributed by atoms with Crippen LogP contribution in [0.1, 0.15) is 18.1 Å². The van der Waals surface area contributed by atoms with Gasteiger partial charge < -0.3 is 15.9 Å². The Kier molecular flexibility index (Phi) is 3.61. The van der Waals surface area contributed by atoms with Crippen LogP contribution in [0.3, 0.4) is 0 Å². The molecule has 80 valence electrons. The zero-order chi connectivity index (χ0) is 11.4. The summed E-state index contributed by atoms with van der Waals surface area (Å²) >= 11 is 0. The number of anilines is 1. The summed E-state index contributed by atoms with van der Waals surface area (Å²) in [6.07, 6.45) is -2.97. The minimum absolute atomic E-state index is 0.0630. The Labute approximate surface area is 86.4 Å². The summed E-state index contributed by atoms with van der Waals surface area (Å²) in [5, 5.41) is 27.1. The monoisotopic (exact) mass is 210 g/mol. The molecule has 4 nitrogen and oxygen atoms in total. The van der Waals surface area contributed by atoms with E-state index in [0.29, 0.717) is 0 Å². The number of nitrogen functional groups attached to an aromatic ring is 1. The van der Waals surface area contributed by atoms with E-state index in [-0.39, 0.29) is 17.7 Å². The van der Waals surface area contributed by atoms with Crippen LogP contribution in [0.5, 0.6) is 0 Å². The second-order valence-electron chi connectivity index (χ2n) is 3.16. The SMILES string of the molecule is N#CCC(O)C(O)c1ccc(N)cc1F. The summed E-state index contributed by atoms with van der Waals surface area (Å²) in [5.41, 5.74) is 5.50. The van der Waals surface area contributed by atoms with E-state index in [4.69, 9.17) is 11.0 Å². The first kappa shape index (κ1) is 11.4. The average molecular weight is 210 g/mol. The molecule has 1 rings (SSSR count). The molecule has 0 saturated heterocycles. The van der Waals surface area contributed by atoms with Gasteiger partial charge in [-0.3, -0.25) is 0 Å². The molecule has 0 spiro atoms. The van der Waals surface area contributed by atoms with Gasteiger partial charge in [0, 0.05) is 11.3 Å². The summed E-state index contributed by atoms with van der Waals surface area (Å²) in [6, 6.07) is 5.45. The molecule has 0 aliphatic carbocycles. The summed E-state index contributed by atoms with van der Waals surface area (Å²) in [4.78, 5) is 0. The van der Waals surface area contributed by atoms with Gasteiger partial charge in [-0.15, -0.1) is 0 Å². The van der Waals surface area contributed by atoms with Gasteiger partial charge in [0.1, 0.15) is 11.9 Å². The van der Waals surface area contributed by atoms with Gasteiger partial charge in [0.05, 0.1) is 18.6 Å². The molecule has 0 radical (unpaired) electrons. The second kappa shape index (κ2) is 4.73. The maximum Gasteiger partial charge on any atom is 0.131 e. The number of halogens is 1. The number of aliphatic hydroxyl groups is 2. The van der Waals surface area contributed by atoms with Crippen molar-refractivity contribution in [3.63, 3.8) is 0 Å². The summed E-state index contributed by atoms with van der Waals surface area (Å²) in [6.45, 7) is 0. The summed E-state index contributed by atoms with van der Waals surface area (Å²) in [7, 11) is 0. The third-order valence-electron chi connectivity index (χ3n) is 2.01. The molecule has 0 amide bonds. The topological polar surface area (TPSA) is 90.3 Å². The average Bonchev–Trinajstić information content (AvgIpc) is 2.17. The second-order valence-corrected chi connectivity index (χ2v) is 3.16. The Bertz CT molecular complexity index is 389. The minimum Gasteiger partial charge on any atom is -0.399 e. The highest BCUT2D eigenvalue weighted by Crippen LogP contribution is 2.23. The van der Waals surface area contributed by atoms with Crippen LogP contribution in [0.2, 0.25) is 0 Å². The first-order valence-electron chi connectivity index (χ1n) is 4.34. The van der Waals surface area contributed by atoms with E-state index in [1.807, 2.05) is 0 Å². The lowest BCUT2D eigenvalue weighted by Gasteiger charge is -2.16. The smallest absolute Gasteiger partial charge is 0.131 e. The molecule has 1 aromatic carbocycles. The number of nitriles is 1. The van der Waals surface area contributed by atoms with Gasteiger partial charge in [-0.25, -0.2) is 4.39 Å². The van der Waals surface area contributed by atoms with Crippen LogP contribution in [-0.2, 0) is 0 Å². The van der Waals surface area contributed by atoms with Crippen molar-refractivity contribution in [2.75, 3.05) is 5.73 Å². The first-order valence-corrected chi connectivity index (χ1v) is 4.34. The van der Waals surface area contributed by atoms with E-state index in [9.17, 15) is 14.6 Å². The maximum absolute atomic E-state index is 13.3. The van der Waals surface area contributed by atoms with Gasteiger partial charge in [-0.05, 0) is 12.1 Å². The zero-order valence-corrected chi connectivity index (χ0v) is 7.89. The van der Waals surface area contributed by atoms with Crippen molar-refractivity contribution in [2.24, 2.45) is 0 Å². The molecular formula is C10H11FN2O2. The van der Waals surface area contributed by atoms with Crippen molar-refractivity contribution < 1.29 is 14.6 Å². The van der Waals surface area contributed by atoms with Crippen molar-refractivity contribution in [1.82, 2.24) is 0 Å². The minimum atomic E-state index is -1.41. The van der Waals surface area contributed by atoms with Crippen molar-refractivity contribution >= 4 is 5.69 Å². The molecule has 4 N–H and O–H groups in total. The number of nitrogens with zero attached hydrogens (tertiary/aromatic N) is 1. The first-order chi connectivity index (χ1) is 7.06. The highest BCUT2D eigenvalue weighted by Gasteiger charge is 2.21. The molecule has 0 heterocycles. The lowest BCUT2D eigenvalue weighted by atomic mass is 10.0. The largest absolute Gasteiger partial charge is 0.399 e. The van der Waals surface area contributed by atoms with Crippen molar-refractivity contribution in [3.05, 3.63) is 29.6 Å². The fraction of sp³-hybridized carbons (Fsp3) is 0.300. The van der Waals surface area contributed by atoms with Crippen LogP contribution in [0.15, 0.2) is 18.2 Å². The lowest BCUT2D eigenvalue weighted by Crippen LogP contribution is -2.18. The maximum atomic E-state index is 13.3. The molecule has 1 aromatic rings. The Morgan fingerprint density at radius 1 is 1.47 bits per heavy atom. The predicted molar refractivity (Wildman–Crippen MR) is 52.0 cm³/mol. The molecule has 0 fully saturated rings. The Morgan fingerprint density at radius 2 is 2.13 bits per heavy atom. The fourth-order valence-corrected chi connectivity index (χ4v) is 1.20. The fourth-order valence-electron chi connectivity index (χ4n) is 1.20. The molecule has 5 heteroatoms. The number of benzene rings is 1. The van der Waals surface area contributed by atoms with E-state index in [1.165, 1.54) is 12.1 Å². The predicted octanol–water partition coefficient (Wildman–Crippen LogP) is 0.716. The third kappa shape index (κ3) is 2.65. The zero-order valence-electron chi connectivity index (χ0n) is 7.89. The Hall–Kier alpha value is -1.64. The highest BCUT2D eigenvalue weighted by molar-refractivity contribution is 5.41. The van der Waals surface area contributed by atoms with Gasteiger partial charge in [0.15, 0.2) is 0 Å². The third-order valence-corrected chi connectivity index (χ3v) is 2.01. The number of rotatable bonds is 3. The number of nitrogens with two attached hydrogens (primary N) is 1. The highest BCUT2D eigenvalue weighted by atomic mass is 19.1. The normalized spacial score (nSPS) is 14.3. The van der Waals surface area contributed by atoms with E-state index >= 15 is 0 Å². The van der Waals surface area contributed by atoms with E-state index < -0.39 is 18.0 Å². The lowest BCUT2D eigenvalue weighted by molar-refractivity contribution is 0.0195. The van der Waals surface area contributed by atoms with E-state index in [2.05, 4.69) is 0 Å². The van der Waals surface area contributed by atoms with Gasteiger partial charge in [0.25, 0.3) is 0 Å². The van der Waals surface area contributed by atoms with Gasteiger partial charge in [-0.1, -0.05) is 6.07 Å². The van der Waals surface area contributed by atoms with Crippen LogP contribution in [-0.4, -0.2) is 16.3 Å². The standard InChI is InChI=1S/C10H11FN2O2/c11-8-5-6(13)1-2-7(8)10(15)9(14)3-4-12/h1-2,5,9-10,14-15H,3,13H2. The van der Waals surface area contributed by atoms with Crippen LogP contribution in [0, 0.1) is 17.1 Å². The molecule has 2 unspecified atom stereocenters. The molecule has 0 aromatic heterocycles. The quantitative estimate of drug-likeness (QED) is 0.641.